The molecule has 7 atom stereocenters. The molecule has 5 rings (SSSR count). The highest BCUT2D eigenvalue weighted by Crippen LogP contribution is 2.62. The van der Waals surface area contributed by atoms with Gasteiger partial charge in [0.15, 0.2) is 0 Å². The summed E-state index contributed by atoms with van der Waals surface area (Å²) in [4.78, 5) is 12.6. The van der Waals surface area contributed by atoms with Crippen LogP contribution in [-0.4, -0.2) is 64.4 Å². The van der Waals surface area contributed by atoms with Crippen LogP contribution in [0, 0.1) is 23.2 Å². The van der Waals surface area contributed by atoms with Crippen molar-refractivity contribution in [3.8, 4) is 5.75 Å². The monoisotopic (exact) mass is 733 g/mol. The molecule has 1 unspecified atom stereocenters. The third-order valence-corrected chi connectivity index (χ3v) is 13.8. The van der Waals surface area contributed by atoms with Gasteiger partial charge in [-0.05, 0) is 130 Å². The Morgan fingerprint density at radius 1 is 0.940 bits per heavy atom. The second kappa shape index (κ2) is 17.4. The van der Waals surface area contributed by atoms with Crippen LogP contribution in [-0.2, 0) is 22.0 Å². The summed E-state index contributed by atoms with van der Waals surface area (Å²) >= 11 is 0. The maximum Gasteiger partial charge on any atom is 0.514 e. The molecule has 284 valence electrons. The van der Waals surface area contributed by atoms with Crippen molar-refractivity contribution >= 4 is 17.0 Å². The number of hydrogen-bond acceptors (Lipinski definition) is 6. The topological polar surface area (TPSA) is 84.9 Å². The Balaban J connectivity index is 1.07. The number of alkyl halides is 5. The maximum absolute atomic E-state index is 13.0. The lowest BCUT2D eigenvalue weighted by Gasteiger charge is -2.53. The Labute approximate surface area is 296 Å². The number of rotatable bonds is 16. The number of aliphatic hydroxyl groups excluding tert-OH is 1. The van der Waals surface area contributed by atoms with Gasteiger partial charge in [0, 0.05) is 28.7 Å². The molecule has 50 heavy (non-hydrogen) atoms. The largest absolute Gasteiger partial charge is 0.514 e. The highest BCUT2D eigenvalue weighted by molar-refractivity contribution is 7.84. The first-order valence-electron chi connectivity index (χ1n) is 19.0. The van der Waals surface area contributed by atoms with Crippen molar-refractivity contribution in [1.82, 2.24) is 5.32 Å². The van der Waals surface area contributed by atoms with Gasteiger partial charge in [-0.2, -0.15) is 22.0 Å². The first-order chi connectivity index (χ1) is 23.8. The molecule has 1 heterocycles. The highest BCUT2D eigenvalue weighted by Gasteiger charge is 2.57. The molecule has 2 N–H and O–H groups in total. The van der Waals surface area contributed by atoms with E-state index in [0.29, 0.717) is 41.6 Å². The van der Waals surface area contributed by atoms with E-state index in [1.165, 1.54) is 11.1 Å². The Kier molecular flexibility index (Phi) is 13.7. The molecular weight excluding hydrogens is 677 g/mol. The van der Waals surface area contributed by atoms with E-state index in [2.05, 4.69) is 18.3 Å². The van der Waals surface area contributed by atoms with Crippen LogP contribution in [0.1, 0.15) is 127 Å². The van der Waals surface area contributed by atoms with Crippen LogP contribution in [0.2, 0.25) is 0 Å². The number of unbranched alkanes of at least 4 members (excludes halogenated alkanes) is 6. The van der Waals surface area contributed by atoms with Gasteiger partial charge in [0.05, 0.1) is 6.10 Å². The minimum atomic E-state index is -5.56. The van der Waals surface area contributed by atoms with Gasteiger partial charge in [-0.3, -0.25) is 4.21 Å². The molecule has 1 saturated heterocycles. The van der Waals surface area contributed by atoms with Crippen molar-refractivity contribution in [2.45, 2.75) is 146 Å². The number of fused-ring (bicyclic) bond motifs is 5. The van der Waals surface area contributed by atoms with Crippen LogP contribution in [0.3, 0.4) is 0 Å². The van der Waals surface area contributed by atoms with Crippen molar-refractivity contribution in [2.75, 3.05) is 24.6 Å². The van der Waals surface area contributed by atoms with E-state index in [1.54, 1.807) is 0 Å². The van der Waals surface area contributed by atoms with Crippen molar-refractivity contribution in [1.29, 1.82) is 0 Å². The highest BCUT2D eigenvalue weighted by atomic mass is 32.2. The molecule has 3 fully saturated rings. The third kappa shape index (κ3) is 9.79. The predicted molar refractivity (Wildman–Crippen MR) is 184 cm³/mol. The Bertz CT molecular complexity index is 1290. The summed E-state index contributed by atoms with van der Waals surface area (Å²) in [7, 11) is -1.38. The zero-order valence-electron chi connectivity index (χ0n) is 29.4. The second-order valence-corrected chi connectivity index (χ2v) is 17.3. The first kappa shape index (κ1) is 39.4. The standard InChI is InChI=1S/C38H56F5NO5S/c1-36-19-15-31-30-12-11-29(49-35(46)48-28-16-20-44-21-17-28)25-27(30)24-26(34(31)32(36)13-14-33(36)45)10-7-5-3-2-4-6-8-22-50(47)23-9-18-37(39,40)38(41,42)43/h11-12,25-26,28,31-34,44-45H,2-10,13-24H2,1H3/t26-,31-,32+,33+,34-,36+,50?/m1/s1. The van der Waals surface area contributed by atoms with Crippen LogP contribution in [0.4, 0.5) is 26.7 Å². The summed E-state index contributed by atoms with van der Waals surface area (Å²) in [6.45, 7) is 3.96. The Morgan fingerprint density at radius 3 is 2.34 bits per heavy atom. The zero-order valence-corrected chi connectivity index (χ0v) is 30.2. The Hall–Kier alpha value is -1.79. The van der Waals surface area contributed by atoms with Crippen molar-refractivity contribution < 1.29 is 45.5 Å². The van der Waals surface area contributed by atoms with Gasteiger partial charge >= 0.3 is 18.3 Å². The molecule has 6 nitrogen and oxygen atoms in total. The molecular formula is C38H56F5NO5S. The molecule has 3 aliphatic carbocycles. The first-order valence-corrected chi connectivity index (χ1v) is 20.5. The van der Waals surface area contributed by atoms with E-state index in [1.807, 2.05) is 12.1 Å². The quantitative estimate of drug-likeness (QED) is 0.0763. The van der Waals surface area contributed by atoms with E-state index in [9.17, 15) is 36.1 Å². The lowest BCUT2D eigenvalue weighted by atomic mass is 9.52. The van der Waals surface area contributed by atoms with Crippen LogP contribution in [0.25, 0.3) is 0 Å². The van der Waals surface area contributed by atoms with Crippen LogP contribution in [0.15, 0.2) is 18.2 Å². The summed E-state index contributed by atoms with van der Waals surface area (Å²) in [5, 5.41) is 14.3. The molecule has 1 aromatic carbocycles. The summed E-state index contributed by atoms with van der Waals surface area (Å²) in [5.74, 6) is -2.03. The number of ether oxygens (including phenoxy) is 2. The smallest absolute Gasteiger partial charge is 0.431 e. The third-order valence-electron chi connectivity index (χ3n) is 12.3. The molecule has 1 aromatic rings. The number of carbonyl (C=O) groups is 1. The molecule has 12 heteroatoms. The van der Waals surface area contributed by atoms with Gasteiger partial charge in [0.2, 0.25) is 0 Å². The van der Waals surface area contributed by atoms with Crippen molar-refractivity contribution in [3.63, 3.8) is 0 Å². The number of piperidine rings is 1. The predicted octanol–water partition coefficient (Wildman–Crippen LogP) is 9.24. The van der Waals surface area contributed by atoms with Gasteiger partial charge in [-0.15, -0.1) is 0 Å². The molecule has 0 aromatic heterocycles. The van der Waals surface area contributed by atoms with Gasteiger partial charge in [0.25, 0.3) is 0 Å². The Morgan fingerprint density at radius 2 is 1.62 bits per heavy atom. The fourth-order valence-electron chi connectivity index (χ4n) is 9.51. The summed E-state index contributed by atoms with van der Waals surface area (Å²) in [6, 6.07) is 6.12. The normalized spacial score (nSPS) is 29.1. The minimum absolute atomic E-state index is 0.0316. The molecule has 0 amide bonds. The average Bonchev–Trinajstić information content (AvgIpc) is 3.37. The van der Waals surface area contributed by atoms with E-state index in [0.717, 1.165) is 103 Å². The fraction of sp³-hybridized carbons (Fsp3) is 0.816. The lowest BCUT2D eigenvalue weighted by molar-refractivity contribution is -0.284. The summed E-state index contributed by atoms with van der Waals surface area (Å²) in [6.07, 6.45) is 6.23. The number of benzene rings is 1. The van der Waals surface area contributed by atoms with Gasteiger partial charge < -0.3 is 19.9 Å². The number of nitrogens with one attached hydrogen (secondary N) is 1. The van der Waals surface area contributed by atoms with Crippen LogP contribution >= 0.6 is 0 Å². The number of hydrogen-bond donors (Lipinski definition) is 2. The number of halogens is 5. The van der Waals surface area contributed by atoms with Gasteiger partial charge in [-0.25, -0.2) is 4.79 Å². The summed E-state index contributed by atoms with van der Waals surface area (Å²) < 4.78 is 86.3. The molecule has 0 bridgehead atoms. The van der Waals surface area contributed by atoms with Crippen molar-refractivity contribution in [2.24, 2.45) is 23.2 Å². The lowest BCUT2D eigenvalue weighted by Crippen LogP contribution is -2.47. The van der Waals surface area contributed by atoms with Gasteiger partial charge in [-0.1, -0.05) is 51.5 Å². The molecule has 4 aliphatic rings. The minimum Gasteiger partial charge on any atom is -0.431 e. The molecule has 2 saturated carbocycles. The summed E-state index contributed by atoms with van der Waals surface area (Å²) in [5.41, 5.74) is 2.60. The van der Waals surface area contributed by atoms with Gasteiger partial charge in [0.1, 0.15) is 11.9 Å². The van der Waals surface area contributed by atoms with E-state index < -0.39 is 41.9 Å². The second-order valence-electron chi connectivity index (χ2n) is 15.6. The molecule has 1 aliphatic heterocycles. The zero-order chi connectivity index (χ0) is 35.9. The van der Waals surface area contributed by atoms with Crippen molar-refractivity contribution in [3.05, 3.63) is 29.3 Å². The average molecular weight is 734 g/mol. The number of carbonyl (C=O) groups excluding carboxylic acids is 1. The van der Waals surface area contributed by atoms with E-state index in [-0.39, 0.29) is 23.4 Å². The molecule has 0 radical (unpaired) electrons. The number of aliphatic hydroxyl groups is 1. The fourth-order valence-corrected chi connectivity index (χ4v) is 10.7. The maximum atomic E-state index is 13.0. The van der Waals surface area contributed by atoms with Crippen LogP contribution < -0.4 is 10.1 Å². The van der Waals surface area contributed by atoms with Crippen LogP contribution in [0.5, 0.6) is 5.75 Å². The molecule has 0 spiro atoms. The van der Waals surface area contributed by atoms with E-state index in [4.69, 9.17) is 9.47 Å². The van der Waals surface area contributed by atoms with E-state index >= 15 is 0 Å². The SMILES string of the molecule is C[C@]12CC[C@@H]3c4ccc(OC(=O)OC5CCNCC5)cc4C[C@@H](CCCCCCCCCS(=O)CCCC(F)(F)C(F)(F)F)[C@H]3[C@@H]1CC[C@@H]2O.